The van der Waals surface area contributed by atoms with Gasteiger partial charge in [0.1, 0.15) is 5.82 Å². The predicted molar refractivity (Wildman–Crippen MR) is 131 cm³/mol. The molecule has 0 unspecified atom stereocenters. The smallest absolute Gasteiger partial charge is 0.251 e. The predicted octanol–water partition coefficient (Wildman–Crippen LogP) is 4.47. The Hall–Kier alpha value is -3.77. The number of benzene rings is 3. The first-order valence-corrected chi connectivity index (χ1v) is 11.3. The van der Waals surface area contributed by atoms with Crippen LogP contribution in [0.3, 0.4) is 0 Å². The zero-order valence-corrected chi connectivity index (χ0v) is 18.9. The number of amides is 2. The van der Waals surface area contributed by atoms with Crippen molar-refractivity contribution < 1.29 is 18.7 Å². The third-order valence-corrected chi connectivity index (χ3v) is 5.68. The van der Waals surface area contributed by atoms with E-state index in [0.29, 0.717) is 44.0 Å². The van der Waals surface area contributed by atoms with Crippen LogP contribution in [0.25, 0.3) is 6.08 Å². The van der Waals surface area contributed by atoms with Crippen molar-refractivity contribution in [2.45, 2.75) is 13.0 Å². The standard InChI is InChI=1S/C28H27FN2O3/c29-25-8-4-7-24(19-25)21-31(27(32)14-11-22-5-2-1-3-6-22)26-12-9-23(10-13-26)20-28(33)30-15-17-34-18-16-30/h1-14,19H,15-18,20-21H2. The van der Waals surface area contributed by atoms with Crippen LogP contribution in [0.15, 0.2) is 84.9 Å². The summed E-state index contributed by atoms with van der Waals surface area (Å²) in [5.74, 6) is -0.499. The zero-order valence-electron chi connectivity index (χ0n) is 18.9. The molecule has 174 valence electrons. The number of carbonyl (C=O) groups excluding carboxylic acids is 2. The van der Waals surface area contributed by atoms with Gasteiger partial charge < -0.3 is 14.5 Å². The highest BCUT2D eigenvalue weighted by atomic mass is 19.1. The number of anilines is 1. The molecule has 0 radical (unpaired) electrons. The second-order valence-corrected chi connectivity index (χ2v) is 8.13. The molecule has 2 amide bonds. The van der Waals surface area contributed by atoms with Crippen molar-refractivity contribution in [3.05, 3.63) is 107 Å². The zero-order chi connectivity index (χ0) is 23.8. The van der Waals surface area contributed by atoms with Crippen molar-refractivity contribution in [1.29, 1.82) is 0 Å². The van der Waals surface area contributed by atoms with Crippen LogP contribution >= 0.6 is 0 Å². The summed E-state index contributed by atoms with van der Waals surface area (Å²) in [7, 11) is 0. The Bertz CT molecular complexity index is 1140. The van der Waals surface area contributed by atoms with Crippen LogP contribution in [0.2, 0.25) is 0 Å². The maximum Gasteiger partial charge on any atom is 0.251 e. The lowest BCUT2D eigenvalue weighted by Gasteiger charge is -2.27. The minimum absolute atomic E-state index is 0.0644. The molecule has 0 N–H and O–H groups in total. The van der Waals surface area contributed by atoms with Gasteiger partial charge in [0.15, 0.2) is 0 Å². The van der Waals surface area contributed by atoms with E-state index >= 15 is 0 Å². The van der Waals surface area contributed by atoms with E-state index in [4.69, 9.17) is 4.74 Å². The second-order valence-electron chi connectivity index (χ2n) is 8.13. The fourth-order valence-electron chi connectivity index (χ4n) is 3.83. The van der Waals surface area contributed by atoms with Gasteiger partial charge in [-0.15, -0.1) is 0 Å². The van der Waals surface area contributed by atoms with Crippen LogP contribution < -0.4 is 4.90 Å². The van der Waals surface area contributed by atoms with Gasteiger partial charge in [-0.25, -0.2) is 4.39 Å². The topological polar surface area (TPSA) is 49.9 Å². The molecule has 0 aromatic heterocycles. The van der Waals surface area contributed by atoms with E-state index in [0.717, 1.165) is 11.1 Å². The largest absolute Gasteiger partial charge is 0.378 e. The van der Waals surface area contributed by atoms with E-state index in [-0.39, 0.29) is 24.2 Å². The maximum absolute atomic E-state index is 13.8. The summed E-state index contributed by atoms with van der Waals surface area (Å²) in [5.41, 5.74) is 3.15. The quantitative estimate of drug-likeness (QED) is 0.491. The van der Waals surface area contributed by atoms with Crippen LogP contribution in [0.1, 0.15) is 16.7 Å². The van der Waals surface area contributed by atoms with E-state index in [1.54, 1.807) is 23.1 Å². The molecule has 0 saturated carbocycles. The van der Waals surface area contributed by atoms with Gasteiger partial charge in [-0.1, -0.05) is 54.6 Å². The molecule has 5 nitrogen and oxygen atoms in total. The highest BCUT2D eigenvalue weighted by Gasteiger charge is 2.18. The molecule has 0 bridgehead atoms. The molecule has 3 aromatic rings. The lowest BCUT2D eigenvalue weighted by atomic mass is 10.1. The second kappa shape index (κ2) is 11.4. The van der Waals surface area contributed by atoms with Gasteiger partial charge in [0.05, 0.1) is 26.2 Å². The van der Waals surface area contributed by atoms with Crippen LogP contribution in [-0.2, 0) is 27.3 Å². The summed E-state index contributed by atoms with van der Waals surface area (Å²) in [4.78, 5) is 29.1. The number of rotatable bonds is 7. The minimum Gasteiger partial charge on any atom is -0.378 e. The van der Waals surface area contributed by atoms with E-state index in [1.165, 1.54) is 18.2 Å². The van der Waals surface area contributed by atoms with Crippen LogP contribution in [-0.4, -0.2) is 43.0 Å². The van der Waals surface area contributed by atoms with Crippen molar-refractivity contribution in [3.8, 4) is 0 Å². The Balaban J connectivity index is 1.52. The number of hydrogen-bond acceptors (Lipinski definition) is 3. The van der Waals surface area contributed by atoms with Crippen LogP contribution in [0.5, 0.6) is 0 Å². The molecule has 1 fully saturated rings. The molecule has 6 heteroatoms. The van der Waals surface area contributed by atoms with Crippen molar-refractivity contribution in [1.82, 2.24) is 4.90 Å². The van der Waals surface area contributed by atoms with E-state index < -0.39 is 0 Å². The first-order chi connectivity index (χ1) is 16.6. The van der Waals surface area contributed by atoms with Crippen molar-refractivity contribution in [2.24, 2.45) is 0 Å². The molecule has 1 aliphatic heterocycles. The highest BCUT2D eigenvalue weighted by Crippen LogP contribution is 2.20. The fraction of sp³-hybridized carbons (Fsp3) is 0.214. The van der Waals surface area contributed by atoms with Crippen molar-refractivity contribution >= 4 is 23.6 Å². The van der Waals surface area contributed by atoms with E-state index in [9.17, 15) is 14.0 Å². The monoisotopic (exact) mass is 458 g/mol. The Morgan fingerprint density at radius 3 is 2.35 bits per heavy atom. The molecule has 1 aliphatic rings. The molecule has 0 atom stereocenters. The first-order valence-electron chi connectivity index (χ1n) is 11.3. The molecule has 1 saturated heterocycles. The van der Waals surface area contributed by atoms with E-state index in [1.807, 2.05) is 59.5 Å². The SMILES string of the molecule is O=C(Cc1ccc(N(Cc2cccc(F)c2)C(=O)C=Cc2ccccc2)cc1)N1CCOCC1. The highest BCUT2D eigenvalue weighted by molar-refractivity contribution is 6.03. The molecule has 0 aliphatic carbocycles. The number of carbonyl (C=O) groups is 2. The summed E-state index contributed by atoms with van der Waals surface area (Å²) in [6.07, 6.45) is 3.58. The van der Waals surface area contributed by atoms with Gasteiger partial charge in [-0.05, 0) is 47.0 Å². The molecular formula is C28H27FN2O3. The van der Waals surface area contributed by atoms with Gasteiger partial charge in [0.25, 0.3) is 5.91 Å². The number of halogens is 1. The summed E-state index contributed by atoms with van der Waals surface area (Å²) < 4.78 is 19.1. The number of hydrogen-bond donors (Lipinski definition) is 0. The molecule has 34 heavy (non-hydrogen) atoms. The Labute approximate surface area is 199 Å². The van der Waals surface area contributed by atoms with Gasteiger partial charge in [0, 0.05) is 24.9 Å². The molecule has 0 spiro atoms. The molecule has 1 heterocycles. The fourth-order valence-corrected chi connectivity index (χ4v) is 3.83. The van der Waals surface area contributed by atoms with Gasteiger partial charge in [-0.2, -0.15) is 0 Å². The van der Waals surface area contributed by atoms with Gasteiger partial charge in [-0.3, -0.25) is 9.59 Å². The normalized spacial score (nSPS) is 13.7. The summed E-state index contributed by atoms with van der Waals surface area (Å²) in [6.45, 7) is 2.58. The van der Waals surface area contributed by atoms with E-state index in [2.05, 4.69) is 0 Å². The van der Waals surface area contributed by atoms with Crippen molar-refractivity contribution in [2.75, 3.05) is 31.2 Å². The Morgan fingerprint density at radius 1 is 0.912 bits per heavy atom. The Kier molecular flexibility index (Phi) is 7.83. The third-order valence-electron chi connectivity index (χ3n) is 5.68. The van der Waals surface area contributed by atoms with Crippen LogP contribution in [0, 0.1) is 5.82 Å². The van der Waals surface area contributed by atoms with Crippen molar-refractivity contribution in [3.63, 3.8) is 0 Å². The minimum atomic E-state index is -0.346. The van der Waals surface area contributed by atoms with Crippen LogP contribution in [0.4, 0.5) is 10.1 Å². The first kappa shape index (κ1) is 23.4. The number of nitrogens with zero attached hydrogens (tertiary/aromatic N) is 2. The third kappa shape index (κ3) is 6.39. The summed E-state index contributed by atoms with van der Waals surface area (Å²) in [5, 5.41) is 0. The Morgan fingerprint density at radius 2 is 1.65 bits per heavy atom. The lowest BCUT2D eigenvalue weighted by Crippen LogP contribution is -2.41. The average molecular weight is 459 g/mol. The number of ether oxygens (including phenoxy) is 1. The lowest BCUT2D eigenvalue weighted by molar-refractivity contribution is -0.134. The summed E-state index contributed by atoms with van der Waals surface area (Å²) >= 11 is 0. The maximum atomic E-state index is 13.8. The average Bonchev–Trinajstić information content (AvgIpc) is 2.87. The molecular weight excluding hydrogens is 431 g/mol. The molecule has 4 rings (SSSR count). The summed E-state index contributed by atoms with van der Waals surface area (Å²) in [6, 6.07) is 23.2. The van der Waals surface area contributed by atoms with Gasteiger partial charge >= 0.3 is 0 Å². The number of morpholine rings is 1. The van der Waals surface area contributed by atoms with Gasteiger partial charge in [0.2, 0.25) is 5.91 Å². The molecule has 3 aromatic carbocycles.